The number of nitrogens with zero attached hydrogens (tertiary/aromatic N) is 4. The predicted molar refractivity (Wildman–Crippen MR) is 96.7 cm³/mol. The number of hydrogen-bond donors (Lipinski definition) is 0. The van der Waals surface area contributed by atoms with Gasteiger partial charge in [-0.25, -0.2) is 0 Å². The Balaban J connectivity index is 1.64. The lowest BCUT2D eigenvalue weighted by molar-refractivity contribution is 0.306. The minimum atomic E-state index is 0.561. The molecule has 0 aliphatic heterocycles. The summed E-state index contributed by atoms with van der Waals surface area (Å²) in [6.07, 6.45) is 3.74. The quantitative estimate of drug-likeness (QED) is 0.507. The van der Waals surface area contributed by atoms with Crippen LogP contribution in [0.2, 0.25) is 0 Å². The second-order valence-corrected chi connectivity index (χ2v) is 5.91. The van der Waals surface area contributed by atoms with Crippen LogP contribution in [-0.4, -0.2) is 27.3 Å². The zero-order valence-electron chi connectivity index (χ0n) is 13.6. The highest BCUT2D eigenvalue weighted by Gasteiger charge is 2.05. The third-order valence-corrected chi connectivity index (χ3v) is 4.02. The molecule has 0 atom stereocenters. The molecule has 0 radical (unpaired) electrons. The predicted octanol–water partition coefficient (Wildman–Crippen LogP) is 3.77. The number of benzene rings is 2. The number of ether oxygens (including phenoxy) is 1. The van der Waals surface area contributed by atoms with E-state index in [2.05, 4.69) is 15.3 Å². The number of thioether (sulfide) groups is 1. The van der Waals surface area contributed by atoms with E-state index in [1.54, 1.807) is 10.9 Å². The van der Waals surface area contributed by atoms with Gasteiger partial charge in [-0.2, -0.15) is 9.78 Å². The Morgan fingerprint density at radius 3 is 2.54 bits per heavy atom. The Hall–Kier alpha value is -2.60. The third kappa shape index (κ3) is 4.02. The molecule has 0 unspecified atom stereocenters. The van der Waals surface area contributed by atoms with E-state index in [1.807, 2.05) is 67.8 Å². The van der Waals surface area contributed by atoms with Crippen molar-refractivity contribution in [2.75, 3.05) is 6.26 Å². The standard InChI is InChI=1S/C18H18N4OS/c1-14-20-21-18(24-2)22(14)19-12-15-8-10-17(11-9-15)23-13-16-6-4-3-5-7-16/h3-12H,13H2,1-2H3/b19-12-. The number of hydrogen-bond acceptors (Lipinski definition) is 5. The normalized spacial score (nSPS) is 11.1. The lowest BCUT2D eigenvalue weighted by atomic mass is 10.2. The molecule has 5 nitrogen and oxygen atoms in total. The van der Waals surface area contributed by atoms with Crippen LogP contribution < -0.4 is 4.74 Å². The molecule has 0 amide bonds. The van der Waals surface area contributed by atoms with Crippen molar-refractivity contribution in [3.05, 3.63) is 71.5 Å². The molecule has 3 rings (SSSR count). The molecule has 1 heterocycles. The van der Waals surface area contributed by atoms with Crippen LogP contribution in [0.3, 0.4) is 0 Å². The average Bonchev–Trinajstić information content (AvgIpc) is 3.00. The van der Waals surface area contributed by atoms with Crippen LogP contribution in [0.5, 0.6) is 5.75 Å². The maximum atomic E-state index is 5.78. The minimum Gasteiger partial charge on any atom is -0.489 e. The second-order valence-electron chi connectivity index (χ2n) is 5.13. The summed E-state index contributed by atoms with van der Waals surface area (Å²) < 4.78 is 7.51. The fraction of sp³-hybridized carbons (Fsp3) is 0.167. The van der Waals surface area contributed by atoms with Gasteiger partial charge in [0.05, 0.1) is 6.21 Å². The molecular formula is C18H18N4OS. The van der Waals surface area contributed by atoms with E-state index >= 15 is 0 Å². The smallest absolute Gasteiger partial charge is 0.211 e. The van der Waals surface area contributed by atoms with E-state index in [1.165, 1.54) is 11.8 Å². The summed E-state index contributed by atoms with van der Waals surface area (Å²) in [7, 11) is 0. The van der Waals surface area contributed by atoms with Crippen LogP contribution in [0.4, 0.5) is 0 Å². The van der Waals surface area contributed by atoms with Crippen LogP contribution in [0.1, 0.15) is 17.0 Å². The zero-order chi connectivity index (χ0) is 16.8. The van der Waals surface area contributed by atoms with Crippen molar-refractivity contribution >= 4 is 18.0 Å². The van der Waals surface area contributed by atoms with Crippen molar-refractivity contribution in [1.29, 1.82) is 0 Å². The fourth-order valence-corrected chi connectivity index (χ4v) is 2.59. The first-order valence-corrected chi connectivity index (χ1v) is 8.76. The maximum Gasteiger partial charge on any atom is 0.211 e. The Labute approximate surface area is 145 Å². The third-order valence-electron chi connectivity index (χ3n) is 3.40. The second kappa shape index (κ2) is 7.79. The summed E-state index contributed by atoms with van der Waals surface area (Å²) in [5, 5.41) is 13.3. The van der Waals surface area contributed by atoms with Crippen molar-refractivity contribution in [3.63, 3.8) is 0 Å². The van der Waals surface area contributed by atoms with Crippen molar-refractivity contribution in [3.8, 4) is 5.75 Å². The van der Waals surface area contributed by atoms with Gasteiger partial charge in [0, 0.05) is 0 Å². The van der Waals surface area contributed by atoms with Crippen LogP contribution in [-0.2, 0) is 6.61 Å². The summed E-state index contributed by atoms with van der Waals surface area (Å²) in [4.78, 5) is 0. The first-order valence-electron chi connectivity index (χ1n) is 7.53. The van der Waals surface area contributed by atoms with Crippen molar-refractivity contribution in [2.24, 2.45) is 5.10 Å². The van der Waals surface area contributed by atoms with Crippen LogP contribution >= 0.6 is 11.8 Å². The molecule has 0 spiro atoms. The summed E-state index contributed by atoms with van der Waals surface area (Å²) in [5.74, 6) is 1.60. The number of aromatic nitrogens is 3. The molecule has 6 heteroatoms. The molecule has 3 aromatic rings. The van der Waals surface area contributed by atoms with E-state index in [0.29, 0.717) is 6.61 Å². The fourth-order valence-electron chi connectivity index (χ4n) is 2.11. The van der Waals surface area contributed by atoms with E-state index in [-0.39, 0.29) is 0 Å². The van der Waals surface area contributed by atoms with Gasteiger partial charge in [0.25, 0.3) is 0 Å². The summed E-state index contributed by atoms with van der Waals surface area (Å²) in [6, 6.07) is 17.9. The molecule has 24 heavy (non-hydrogen) atoms. The van der Waals surface area contributed by atoms with Crippen LogP contribution in [0.25, 0.3) is 0 Å². The summed E-state index contributed by atoms with van der Waals surface area (Å²) >= 11 is 1.51. The monoisotopic (exact) mass is 338 g/mol. The van der Waals surface area contributed by atoms with E-state index in [0.717, 1.165) is 27.9 Å². The Bertz CT molecular complexity index is 813. The largest absolute Gasteiger partial charge is 0.489 e. The molecule has 0 bridgehead atoms. The zero-order valence-corrected chi connectivity index (χ0v) is 14.4. The van der Waals surface area contributed by atoms with Crippen LogP contribution in [0, 0.1) is 6.92 Å². The van der Waals surface area contributed by atoms with E-state index in [4.69, 9.17) is 4.74 Å². The van der Waals surface area contributed by atoms with Gasteiger partial charge in [-0.05, 0) is 48.6 Å². The highest BCUT2D eigenvalue weighted by Crippen LogP contribution is 2.15. The molecule has 1 aromatic heterocycles. The molecule has 0 saturated carbocycles. The summed E-state index contributed by atoms with van der Waals surface area (Å²) in [6.45, 7) is 2.44. The number of rotatable bonds is 6. The molecular weight excluding hydrogens is 320 g/mol. The lowest BCUT2D eigenvalue weighted by Crippen LogP contribution is -1.96. The topological polar surface area (TPSA) is 52.3 Å². The Kier molecular flexibility index (Phi) is 5.28. The molecule has 0 fully saturated rings. The van der Waals surface area contributed by atoms with Gasteiger partial charge in [0.15, 0.2) is 5.82 Å². The van der Waals surface area contributed by atoms with Gasteiger partial charge in [0.2, 0.25) is 5.16 Å². The maximum absolute atomic E-state index is 5.78. The van der Waals surface area contributed by atoms with E-state index < -0.39 is 0 Å². The molecule has 0 N–H and O–H groups in total. The minimum absolute atomic E-state index is 0.561. The molecule has 0 aliphatic carbocycles. The molecule has 2 aromatic carbocycles. The van der Waals surface area contributed by atoms with Crippen LogP contribution in [0.15, 0.2) is 64.9 Å². The van der Waals surface area contributed by atoms with Gasteiger partial charge >= 0.3 is 0 Å². The first-order chi connectivity index (χ1) is 11.8. The average molecular weight is 338 g/mol. The van der Waals surface area contributed by atoms with Crippen molar-refractivity contribution < 1.29 is 4.74 Å². The highest BCUT2D eigenvalue weighted by atomic mass is 32.2. The first kappa shape index (κ1) is 16.3. The number of aryl methyl sites for hydroxylation is 1. The highest BCUT2D eigenvalue weighted by molar-refractivity contribution is 7.98. The van der Waals surface area contributed by atoms with Gasteiger partial charge < -0.3 is 4.74 Å². The van der Waals surface area contributed by atoms with E-state index in [9.17, 15) is 0 Å². The van der Waals surface area contributed by atoms with Crippen molar-refractivity contribution in [2.45, 2.75) is 18.7 Å². The van der Waals surface area contributed by atoms with Gasteiger partial charge in [-0.15, -0.1) is 10.2 Å². The van der Waals surface area contributed by atoms with Crippen molar-refractivity contribution in [1.82, 2.24) is 14.9 Å². The van der Waals surface area contributed by atoms with Gasteiger partial charge in [-0.3, -0.25) is 0 Å². The van der Waals surface area contributed by atoms with Gasteiger partial charge in [-0.1, -0.05) is 42.1 Å². The Morgan fingerprint density at radius 2 is 1.83 bits per heavy atom. The van der Waals surface area contributed by atoms with Gasteiger partial charge in [0.1, 0.15) is 12.4 Å². The molecule has 0 saturated heterocycles. The molecule has 0 aliphatic rings. The SMILES string of the molecule is CSc1nnc(C)n1/N=C\c1ccc(OCc2ccccc2)cc1. The Morgan fingerprint density at radius 1 is 1.08 bits per heavy atom. The lowest BCUT2D eigenvalue weighted by Gasteiger charge is -2.06. The summed E-state index contributed by atoms with van der Waals surface area (Å²) in [5.41, 5.74) is 2.14. The molecule has 122 valence electrons.